The Kier molecular flexibility index (Phi) is 3.89. The van der Waals surface area contributed by atoms with Gasteiger partial charge in [0.05, 0.1) is 23.7 Å². The first-order valence-electron chi connectivity index (χ1n) is 9.06. The Morgan fingerprint density at radius 2 is 1.85 bits per heavy atom. The van der Waals surface area contributed by atoms with Crippen molar-refractivity contribution in [2.24, 2.45) is 5.92 Å². The minimum atomic E-state index is -3.58. The zero-order valence-corrected chi connectivity index (χ0v) is 15.6. The van der Waals surface area contributed by atoms with Gasteiger partial charge in [0.25, 0.3) is 0 Å². The molecule has 2 aromatic rings. The lowest BCUT2D eigenvalue weighted by atomic mass is 10.1. The summed E-state index contributed by atoms with van der Waals surface area (Å²) in [4.78, 5) is 14.7. The first kappa shape index (κ1) is 17.0. The first-order chi connectivity index (χ1) is 13.0. The molecule has 0 radical (unpaired) electrons. The standard InChI is InChI=1S/C19H20N2O5S/c22-19(14-3-5-25-12-14)20-8-15-10-21(11-16(15)9-20)27(23,24)17-1-2-18-13(7-17)4-6-26-18/h1-2,4,6-7,14H,3,5,8-12H2. The van der Waals surface area contributed by atoms with Crippen molar-refractivity contribution in [2.75, 3.05) is 39.4 Å². The molecule has 0 saturated carbocycles. The van der Waals surface area contributed by atoms with E-state index in [2.05, 4.69) is 0 Å². The number of fused-ring (bicyclic) bond motifs is 1. The highest BCUT2D eigenvalue weighted by molar-refractivity contribution is 7.89. The largest absolute Gasteiger partial charge is 0.464 e. The number of nitrogens with zero attached hydrogens (tertiary/aromatic N) is 2. The summed E-state index contributed by atoms with van der Waals surface area (Å²) in [6.45, 7) is 2.90. The van der Waals surface area contributed by atoms with Crippen LogP contribution in [0.2, 0.25) is 0 Å². The maximum absolute atomic E-state index is 13.0. The smallest absolute Gasteiger partial charge is 0.243 e. The summed E-state index contributed by atoms with van der Waals surface area (Å²) < 4.78 is 38.2. The lowest BCUT2D eigenvalue weighted by molar-refractivity contribution is -0.134. The molecule has 7 nitrogen and oxygen atoms in total. The Bertz CT molecular complexity index is 1030. The minimum Gasteiger partial charge on any atom is -0.464 e. The Morgan fingerprint density at radius 1 is 1.07 bits per heavy atom. The fraction of sp³-hybridized carbons (Fsp3) is 0.421. The van der Waals surface area contributed by atoms with Crippen LogP contribution in [-0.4, -0.2) is 62.9 Å². The molecule has 1 unspecified atom stereocenters. The van der Waals surface area contributed by atoms with Crippen LogP contribution >= 0.6 is 0 Å². The molecule has 27 heavy (non-hydrogen) atoms. The van der Waals surface area contributed by atoms with Crippen molar-refractivity contribution in [1.29, 1.82) is 0 Å². The number of hydrogen-bond acceptors (Lipinski definition) is 5. The Labute approximate surface area is 157 Å². The van der Waals surface area contributed by atoms with Crippen LogP contribution in [0.25, 0.3) is 11.0 Å². The summed E-state index contributed by atoms with van der Waals surface area (Å²) in [5.41, 5.74) is 2.77. The van der Waals surface area contributed by atoms with Gasteiger partial charge in [-0.15, -0.1) is 0 Å². The molecule has 3 aliphatic rings. The van der Waals surface area contributed by atoms with Gasteiger partial charge in [-0.25, -0.2) is 8.42 Å². The lowest BCUT2D eigenvalue weighted by Gasteiger charge is -2.24. The van der Waals surface area contributed by atoms with Crippen molar-refractivity contribution in [1.82, 2.24) is 9.21 Å². The third kappa shape index (κ3) is 2.79. The highest BCUT2D eigenvalue weighted by atomic mass is 32.2. The Balaban J connectivity index is 1.30. The average molecular weight is 388 g/mol. The number of sulfonamides is 1. The van der Waals surface area contributed by atoms with Gasteiger partial charge in [-0.05, 0) is 41.8 Å². The first-order valence-corrected chi connectivity index (χ1v) is 10.5. The fourth-order valence-electron chi connectivity index (χ4n) is 4.11. The summed E-state index contributed by atoms with van der Waals surface area (Å²) in [6, 6.07) is 6.67. The van der Waals surface area contributed by atoms with E-state index in [1.54, 1.807) is 30.5 Å². The van der Waals surface area contributed by atoms with E-state index < -0.39 is 10.0 Å². The molecular formula is C19H20N2O5S. The van der Waals surface area contributed by atoms with Gasteiger partial charge in [-0.3, -0.25) is 4.79 Å². The van der Waals surface area contributed by atoms with Gasteiger partial charge in [-0.1, -0.05) is 0 Å². The third-order valence-corrected chi connectivity index (χ3v) is 7.44. The molecule has 0 spiro atoms. The Hall–Kier alpha value is -2.16. The molecule has 5 rings (SSSR count). The van der Waals surface area contributed by atoms with E-state index in [9.17, 15) is 13.2 Å². The number of benzene rings is 1. The van der Waals surface area contributed by atoms with Crippen molar-refractivity contribution in [3.8, 4) is 0 Å². The molecule has 142 valence electrons. The molecule has 1 aromatic carbocycles. The van der Waals surface area contributed by atoms with Gasteiger partial charge in [0.1, 0.15) is 5.58 Å². The van der Waals surface area contributed by atoms with E-state index in [-0.39, 0.29) is 16.7 Å². The van der Waals surface area contributed by atoms with Crippen LogP contribution in [-0.2, 0) is 19.6 Å². The highest BCUT2D eigenvalue weighted by Gasteiger charge is 2.39. The average Bonchev–Trinajstić information content (AvgIpc) is 3.43. The topological polar surface area (TPSA) is 80.1 Å². The van der Waals surface area contributed by atoms with Gasteiger partial charge in [0, 0.05) is 38.2 Å². The minimum absolute atomic E-state index is 0.0495. The summed E-state index contributed by atoms with van der Waals surface area (Å²) in [5.74, 6) is 0.0771. The number of furan rings is 1. The fourth-order valence-corrected chi connectivity index (χ4v) is 5.58. The molecule has 4 heterocycles. The van der Waals surface area contributed by atoms with E-state index in [0.717, 1.165) is 23.0 Å². The van der Waals surface area contributed by atoms with Crippen molar-refractivity contribution < 1.29 is 22.4 Å². The predicted molar refractivity (Wildman–Crippen MR) is 97.5 cm³/mol. The highest BCUT2D eigenvalue weighted by Crippen LogP contribution is 2.32. The predicted octanol–water partition coefficient (Wildman–Crippen LogP) is 1.61. The van der Waals surface area contributed by atoms with E-state index >= 15 is 0 Å². The van der Waals surface area contributed by atoms with Crippen LogP contribution in [0, 0.1) is 5.92 Å². The second kappa shape index (κ2) is 6.19. The molecule has 0 N–H and O–H groups in total. The third-order valence-electron chi connectivity index (χ3n) is 5.65. The van der Waals surface area contributed by atoms with E-state index in [1.165, 1.54) is 4.31 Å². The van der Waals surface area contributed by atoms with Crippen LogP contribution in [0.4, 0.5) is 0 Å². The molecule has 8 heteroatoms. The van der Waals surface area contributed by atoms with Gasteiger partial charge < -0.3 is 14.1 Å². The number of ether oxygens (including phenoxy) is 1. The number of carbonyl (C=O) groups excluding carboxylic acids is 1. The summed E-state index contributed by atoms with van der Waals surface area (Å²) in [6.07, 6.45) is 2.32. The maximum Gasteiger partial charge on any atom is 0.243 e. The van der Waals surface area contributed by atoms with Crippen molar-refractivity contribution in [3.05, 3.63) is 41.7 Å². The van der Waals surface area contributed by atoms with Crippen LogP contribution in [0.15, 0.2) is 51.0 Å². The van der Waals surface area contributed by atoms with Crippen LogP contribution in [0.3, 0.4) is 0 Å². The summed E-state index contributed by atoms with van der Waals surface area (Å²) in [7, 11) is -3.58. The van der Waals surface area contributed by atoms with Gasteiger partial charge in [-0.2, -0.15) is 4.31 Å². The molecule has 1 fully saturated rings. The maximum atomic E-state index is 13.0. The molecule has 0 aliphatic carbocycles. The zero-order chi connectivity index (χ0) is 18.6. The lowest BCUT2D eigenvalue weighted by Crippen LogP contribution is -2.39. The van der Waals surface area contributed by atoms with Gasteiger partial charge in [0.15, 0.2) is 0 Å². The van der Waals surface area contributed by atoms with E-state index in [0.29, 0.717) is 45.0 Å². The van der Waals surface area contributed by atoms with E-state index in [1.807, 2.05) is 4.90 Å². The SMILES string of the molecule is O=C(C1CCOC1)N1CC2=C(C1)CN(S(=O)(=O)c1ccc3occc3c1)C2. The molecule has 1 aromatic heterocycles. The van der Waals surface area contributed by atoms with Crippen molar-refractivity contribution in [2.45, 2.75) is 11.3 Å². The Morgan fingerprint density at radius 3 is 2.56 bits per heavy atom. The number of amides is 1. The summed E-state index contributed by atoms with van der Waals surface area (Å²) >= 11 is 0. The molecule has 1 atom stereocenters. The van der Waals surface area contributed by atoms with Crippen molar-refractivity contribution >= 4 is 26.9 Å². The van der Waals surface area contributed by atoms with E-state index in [4.69, 9.17) is 9.15 Å². The second-order valence-corrected chi connectivity index (χ2v) is 9.29. The van der Waals surface area contributed by atoms with Crippen molar-refractivity contribution in [3.63, 3.8) is 0 Å². The van der Waals surface area contributed by atoms with Gasteiger partial charge >= 0.3 is 0 Å². The number of carbonyl (C=O) groups is 1. The van der Waals surface area contributed by atoms with Crippen LogP contribution in [0.5, 0.6) is 0 Å². The van der Waals surface area contributed by atoms with Crippen LogP contribution in [0.1, 0.15) is 6.42 Å². The molecular weight excluding hydrogens is 368 g/mol. The molecule has 1 saturated heterocycles. The quantitative estimate of drug-likeness (QED) is 0.747. The summed E-state index contributed by atoms with van der Waals surface area (Å²) in [5, 5.41) is 0.770. The molecule has 0 bridgehead atoms. The second-order valence-electron chi connectivity index (χ2n) is 7.36. The zero-order valence-electron chi connectivity index (χ0n) is 14.8. The molecule has 3 aliphatic heterocycles. The number of rotatable bonds is 3. The van der Waals surface area contributed by atoms with Gasteiger partial charge in [0.2, 0.25) is 15.9 Å². The van der Waals surface area contributed by atoms with Crippen LogP contribution < -0.4 is 0 Å². The monoisotopic (exact) mass is 388 g/mol. The number of hydrogen-bond donors (Lipinski definition) is 0. The molecule has 1 amide bonds. The normalized spacial score (nSPS) is 23.6.